The molecule has 5 heteroatoms. The van der Waals surface area contributed by atoms with Gasteiger partial charge in [0.1, 0.15) is 5.82 Å². The predicted molar refractivity (Wildman–Crippen MR) is 70.4 cm³/mol. The Morgan fingerprint density at radius 3 is 3.00 bits per heavy atom. The Morgan fingerprint density at radius 1 is 1.58 bits per heavy atom. The number of hydrogen-bond acceptors (Lipinski definition) is 3. The van der Waals surface area contributed by atoms with E-state index in [1.54, 1.807) is 17.9 Å². The van der Waals surface area contributed by atoms with Crippen molar-refractivity contribution in [2.45, 2.75) is 26.0 Å². The van der Waals surface area contributed by atoms with Gasteiger partial charge in [0.25, 0.3) is 5.91 Å². The summed E-state index contributed by atoms with van der Waals surface area (Å²) < 4.78 is 18.8. The van der Waals surface area contributed by atoms with Crippen LogP contribution in [0.4, 0.5) is 4.39 Å². The van der Waals surface area contributed by atoms with Crippen molar-refractivity contribution in [3.63, 3.8) is 0 Å². The van der Waals surface area contributed by atoms with Crippen LogP contribution in [-0.2, 0) is 4.74 Å². The molecule has 19 heavy (non-hydrogen) atoms. The molecular formula is C14H19FN2O2. The van der Waals surface area contributed by atoms with Crippen LogP contribution in [0, 0.1) is 12.7 Å². The molecule has 1 aliphatic heterocycles. The van der Waals surface area contributed by atoms with Gasteiger partial charge in [0.2, 0.25) is 0 Å². The van der Waals surface area contributed by atoms with Crippen LogP contribution < -0.4 is 5.73 Å². The summed E-state index contributed by atoms with van der Waals surface area (Å²) in [4.78, 5) is 14.1. The number of ether oxygens (including phenoxy) is 1. The Morgan fingerprint density at radius 2 is 2.32 bits per heavy atom. The lowest BCUT2D eigenvalue weighted by molar-refractivity contribution is -0.0300. The first-order valence-electron chi connectivity index (χ1n) is 6.41. The van der Waals surface area contributed by atoms with E-state index in [9.17, 15) is 9.18 Å². The van der Waals surface area contributed by atoms with Crippen LogP contribution >= 0.6 is 0 Å². The van der Waals surface area contributed by atoms with Crippen molar-refractivity contribution in [2.75, 3.05) is 19.7 Å². The molecule has 1 aromatic carbocycles. The number of carbonyl (C=O) groups is 1. The van der Waals surface area contributed by atoms with Crippen LogP contribution in [0.3, 0.4) is 0 Å². The Labute approximate surface area is 112 Å². The fourth-order valence-electron chi connectivity index (χ4n) is 2.17. The summed E-state index contributed by atoms with van der Waals surface area (Å²) in [5.41, 5.74) is 6.98. The van der Waals surface area contributed by atoms with E-state index in [0.717, 1.165) is 5.56 Å². The smallest absolute Gasteiger partial charge is 0.254 e. The highest BCUT2D eigenvalue weighted by Gasteiger charge is 2.27. The fourth-order valence-corrected chi connectivity index (χ4v) is 2.17. The second-order valence-corrected chi connectivity index (χ2v) is 4.98. The number of amides is 1. The summed E-state index contributed by atoms with van der Waals surface area (Å²) >= 11 is 0. The minimum atomic E-state index is -0.397. The van der Waals surface area contributed by atoms with Gasteiger partial charge in [-0.2, -0.15) is 0 Å². The van der Waals surface area contributed by atoms with Gasteiger partial charge in [-0.1, -0.05) is 6.07 Å². The number of benzene rings is 1. The molecule has 0 radical (unpaired) electrons. The SMILES string of the molecule is Cc1ccc(F)cc1C(=O)N1CCOC(C(C)N)C1. The van der Waals surface area contributed by atoms with Crippen molar-refractivity contribution < 1.29 is 13.9 Å². The molecule has 1 fully saturated rings. The third-order valence-corrected chi connectivity index (χ3v) is 3.40. The standard InChI is InChI=1S/C14H19FN2O2/c1-9-3-4-11(15)7-12(9)14(18)17-5-6-19-13(8-17)10(2)16/h3-4,7,10,13H,5-6,8,16H2,1-2H3. The summed E-state index contributed by atoms with van der Waals surface area (Å²) in [5.74, 6) is -0.558. The molecule has 1 heterocycles. The lowest BCUT2D eigenvalue weighted by Crippen LogP contribution is -2.51. The van der Waals surface area contributed by atoms with Crippen molar-refractivity contribution in [3.05, 3.63) is 35.1 Å². The van der Waals surface area contributed by atoms with Crippen LogP contribution in [0.25, 0.3) is 0 Å². The molecule has 0 spiro atoms. The highest BCUT2D eigenvalue weighted by molar-refractivity contribution is 5.95. The molecule has 0 bridgehead atoms. The third-order valence-electron chi connectivity index (χ3n) is 3.40. The maximum Gasteiger partial charge on any atom is 0.254 e. The summed E-state index contributed by atoms with van der Waals surface area (Å²) in [6.07, 6.45) is -0.161. The van der Waals surface area contributed by atoms with Crippen molar-refractivity contribution >= 4 is 5.91 Å². The fraction of sp³-hybridized carbons (Fsp3) is 0.500. The van der Waals surface area contributed by atoms with Crippen molar-refractivity contribution in [1.29, 1.82) is 0 Å². The van der Waals surface area contributed by atoms with Crippen molar-refractivity contribution in [2.24, 2.45) is 5.73 Å². The number of halogens is 1. The van der Waals surface area contributed by atoms with E-state index in [2.05, 4.69) is 0 Å². The van der Waals surface area contributed by atoms with Gasteiger partial charge in [-0.25, -0.2) is 4.39 Å². The van der Waals surface area contributed by atoms with Crippen molar-refractivity contribution in [3.8, 4) is 0 Å². The number of rotatable bonds is 2. The van der Waals surface area contributed by atoms with E-state index in [1.165, 1.54) is 12.1 Å². The van der Waals surface area contributed by atoms with Gasteiger partial charge in [-0.3, -0.25) is 4.79 Å². The number of morpholine rings is 1. The highest BCUT2D eigenvalue weighted by Crippen LogP contribution is 2.16. The summed E-state index contributed by atoms with van der Waals surface area (Å²) in [7, 11) is 0. The number of aryl methyl sites for hydroxylation is 1. The maximum atomic E-state index is 13.3. The molecule has 2 N–H and O–H groups in total. The second-order valence-electron chi connectivity index (χ2n) is 4.98. The molecule has 0 aliphatic carbocycles. The molecule has 2 atom stereocenters. The van der Waals surface area contributed by atoms with E-state index in [0.29, 0.717) is 25.3 Å². The molecular weight excluding hydrogens is 247 g/mol. The molecule has 1 saturated heterocycles. The molecule has 2 unspecified atom stereocenters. The highest BCUT2D eigenvalue weighted by atomic mass is 19.1. The molecule has 0 aromatic heterocycles. The van der Waals surface area contributed by atoms with Crippen LogP contribution in [0.5, 0.6) is 0 Å². The minimum absolute atomic E-state index is 0.135. The zero-order chi connectivity index (χ0) is 14.0. The third kappa shape index (κ3) is 3.11. The van der Waals surface area contributed by atoms with E-state index in [1.807, 2.05) is 6.92 Å². The maximum absolute atomic E-state index is 13.3. The van der Waals surface area contributed by atoms with E-state index in [-0.39, 0.29) is 18.1 Å². The summed E-state index contributed by atoms with van der Waals surface area (Å²) in [6, 6.07) is 4.13. The van der Waals surface area contributed by atoms with Gasteiger partial charge in [-0.15, -0.1) is 0 Å². The number of carbonyl (C=O) groups excluding carboxylic acids is 1. The molecule has 1 aliphatic rings. The van der Waals surface area contributed by atoms with E-state index in [4.69, 9.17) is 10.5 Å². The van der Waals surface area contributed by atoms with Gasteiger partial charge in [0.05, 0.1) is 12.7 Å². The zero-order valence-electron chi connectivity index (χ0n) is 11.2. The van der Waals surface area contributed by atoms with Crippen LogP contribution in [0.2, 0.25) is 0 Å². The lowest BCUT2D eigenvalue weighted by atomic mass is 10.1. The van der Waals surface area contributed by atoms with Gasteiger partial charge < -0.3 is 15.4 Å². The average molecular weight is 266 g/mol. The molecule has 1 amide bonds. The molecule has 0 saturated carbocycles. The first-order valence-corrected chi connectivity index (χ1v) is 6.41. The Balaban J connectivity index is 2.17. The first kappa shape index (κ1) is 14.0. The summed E-state index contributed by atoms with van der Waals surface area (Å²) in [5, 5.41) is 0. The molecule has 1 aromatic rings. The van der Waals surface area contributed by atoms with Gasteiger partial charge in [0, 0.05) is 24.7 Å². The normalized spacial score (nSPS) is 21.3. The van der Waals surface area contributed by atoms with Crippen LogP contribution in [0.1, 0.15) is 22.8 Å². The number of nitrogens with zero attached hydrogens (tertiary/aromatic N) is 1. The number of nitrogens with two attached hydrogens (primary N) is 1. The minimum Gasteiger partial charge on any atom is -0.373 e. The summed E-state index contributed by atoms with van der Waals surface area (Å²) in [6.45, 7) is 5.08. The van der Waals surface area contributed by atoms with Gasteiger partial charge in [-0.05, 0) is 31.5 Å². The predicted octanol–water partition coefficient (Wildman–Crippen LogP) is 1.32. The first-order chi connectivity index (χ1) is 8.99. The Hall–Kier alpha value is -1.46. The lowest BCUT2D eigenvalue weighted by Gasteiger charge is -2.35. The Bertz CT molecular complexity index is 477. The molecule has 2 rings (SSSR count). The number of hydrogen-bond donors (Lipinski definition) is 1. The topological polar surface area (TPSA) is 55.6 Å². The average Bonchev–Trinajstić information content (AvgIpc) is 2.41. The van der Waals surface area contributed by atoms with Crippen LogP contribution in [-0.4, -0.2) is 42.6 Å². The molecule has 104 valence electrons. The quantitative estimate of drug-likeness (QED) is 0.878. The van der Waals surface area contributed by atoms with Crippen LogP contribution in [0.15, 0.2) is 18.2 Å². The zero-order valence-corrected chi connectivity index (χ0v) is 11.2. The monoisotopic (exact) mass is 266 g/mol. The van der Waals surface area contributed by atoms with E-state index < -0.39 is 5.82 Å². The Kier molecular flexibility index (Phi) is 4.17. The van der Waals surface area contributed by atoms with Gasteiger partial charge >= 0.3 is 0 Å². The largest absolute Gasteiger partial charge is 0.373 e. The van der Waals surface area contributed by atoms with Gasteiger partial charge in [0.15, 0.2) is 0 Å². The molecule has 4 nitrogen and oxygen atoms in total. The van der Waals surface area contributed by atoms with Crippen molar-refractivity contribution in [1.82, 2.24) is 4.90 Å². The second kappa shape index (κ2) is 5.67. The van der Waals surface area contributed by atoms with E-state index >= 15 is 0 Å².